The Kier molecular flexibility index (Phi) is 7.39. The summed E-state index contributed by atoms with van der Waals surface area (Å²) >= 11 is 1.45. The van der Waals surface area contributed by atoms with Crippen molar-refractivity contribution in [1.29, 1.82) is 0 Å². The molecule has 0 saturated carbocycles. The van der Waals surface area contributed by atoms with E-state index in [0.717, 1.165) is 15.8 Å². The van der Waals surface area contributed by atoms with Crippen LogP contribution in [0.1, 0.15) is 29.8 Å². The number of carbonyl (C=O) groups excluding carboxylic acids is 2. The van der Waals surface area contributed by atoms with Gasteiger partial charge in [0.15, 0.2) is 4.80 Å². The van der Waals surface area contributed by atoms with Crippen LogP contribution in [0.3, 0.4) is 0 Å². The third-order valence-electron chi connectivity index (χ3n) is 5.86. The average molecular weight is 517 g/mol. The van der Waals surface area contributed by atoms with Gasteiger partial charge in [-0.3, -0.25) is 4.79 Å². The van der Waals surface area contributed by atoms with Crippen LogP contribution in [0.2, 0.25) is 0 Å². The van der Waals surface area contributed by atoms with Crippen LogP contribution < -0.4 is 4.80 Å². The fraction of sp³-hybridized carbons (Fsp3) is 0.375. The number of amides is 2. The van der Waals surface area contributed by atoms with Gasteiger partial charge in [-0.25, -0.2) is 13.2 Å². The van der Waals surface area contributed by atoms with Crippen molar-refractivity contribution in [2.24, 2.45) is 4.99 Å². The topological polar surface area (TPSA) is 101 Å². The van der Waals surface area contributed by atoms with Gasteiger partial charge in [-0.15, -0.1) is 0 Å². The van der Waals surface area contributed by atoms with Crippen LogP contribution in [0.4, 0.5) is 4.79 Å². The first-order valence-corrected chi connectivity index (χ1v) is 13.7. The summed E-state index contributed by atoms with van der Waals surface area (Å²) in [5, 5.41) is 0. The molecule has 0 aliphatic carbocycles. The minimum atomic E-state index is -3.75. The van der Waals surface area contributed by atoms with Crippen molar-refractivity contribution in [3.05, 3.63) is 58.4 Å². The Hall–Kier alpha value is -3.02. The molecule has 1 fully saturated rings. The van der Waals surface area contributed by atoms with Crippen LogP contribution >= 0.6 is 11.3 Å². The molecular weight excluding hydrogens is 488 g/mol. The smallest absolute Gasteiger partial charge is 0.409 e. The van der Waals surface area contributed by atoms with Gasteiger partial charge >= 0.3 is 6.09 Å². The molecule has 0 atom stereocenters. The largest absolute Gasteiger partial charge is 0.450 e. The van der Waals surface area contributed by atoms with Crippen LogP contribution in [0.25, 0.3) is 10.2 Å². The molecule has 0 bridgehead atoms. The van der Waals surface area contributed by atoms with Gasteiger partial charge in [0.1, 0.15) is 0 Å². The molecule has 0 radical (unpaired) electrons. The van der Waals surface area contributed by atoms with Crippen molar-refractivity contribution in [2.45, 2.75) is 32.2 Å². The summed E-state index contributed by atoms with van der Waals surface area (Å²) in [4.78, 5) is 31.2. The summed E-state index contributed by atoms with van der Waals surface area (Å²) in [6.45, 7) is 7.59. The zero-order valence-corrected chi connectivity index (χ0v) is 21.6. The first-order chi connectivity index (χ1) is 16.7. The molecule has 4 rings (SSSR count). The number of aryl methyl sites for hydroxylation is 2. The van der Waals surface area contributed by atoms with E-state index in [1.54, 1.807) is 6.92 Å². The van der Waals surface area contributed by atoms with Gasteiger partial charge in [0.05, 0.1) is 21.7 Å². The summed E-state index contributed by atoms with van der Waals surface area (Å²) in [6, 6.07) is 12.0. The van der Waals surface area contributed by atoms with Gasteiger partial charge in [-0.05, 0) is 62.7 Å². The molecule has 3 aromatic rings. The first kappa shape index (κ1) is 25.1. The Labute approximate surface area is 208 Å². The zero-order chi connectivity index (χ0) is 25.2. The molecule has 186 valence electrons. The lowest BCUT2D eigenvalue weighted by Crippen LogP contribution is -2.50. The van der Waals surface area contributed by atoms with E-state index in [9.17, 15) is 18.0 Å². The van der Waals surface area contributed by atoms with Gasteiger partial charge in [-0.2, -0.15) is 9.30 Å². The number of thiazole rings is 1. The highest BCUT2D eigenvalue weighted by Gasteiger charge is 2.30. The third-order valence-corrected chi connectivity index (χ3v) is 8.81. The number of rotatable bonds is 5. The molecule has 2 amide bonds. The number of benzene rings is 2. The van der Waals surface area contributed by atoms with E-state index < -0.39 is 22.0 Å². The van der Waals surface area contributed by atoms with Gasteiger partial charge in [-0.1, -0.05) is 17.4 Å². The monoisotopic (exact) mass is 516 g/mol. The maximum Gasteiger partial charge on any atom is 0.409 e. The Morgan fingerprint density at radius 1 is 1.03 bits per heavy atom. The van der Waals surface area contributed by atoms with Gasteiger partial charge in [0, 0.05) is 38.3 Å². The summed E-state index contributed by atoms with van der Waals surface area (Å²) in [6.07, 6.45) is -0.436. The lowest BCUT2D eigenvalue weighted by atomic mass is 10.2. The van der Waals surface area contributed by atoms with Crippen LogP contribution in [-0.2, 0) is 21.3 Å². The maximum atomic E-state index is 13.1. The van der Waals surface area contributed by atoms with E-state index in [4.69, 9.17) is 4.74 Å². The van der Waals surface area contributed by atoms with Crippen LogP contribution in [-0.4, -0.2) is 67.0 Å². The van der Waals surface area contributed by atoms with E-state index >= 15 is 0 Å². The summed E-state index contributed by atoms with van der Waals surface area (Å²) in [7, 11) is -3.75. The molecule has 1 aliphatic rings. The van der Waals surface area contributed by atoms with Crippen molar-refractivity contribution in [3.63, 3.8) is 0 Å². The quantitative estimate of drug-likeness (QED) is 0.518. The molecule has 1 aliphatic heterocycles. The molecule has 9 nitrogen and oxygen atoms in total. The van der Waals surface area contributed by atoms with E-state index in [0.29, 0.717) is 16.9 Å². The van der Waals surface area contributed by atoms with Crippen LogP contribution in [0.15, 0.2) is 52.4 Å². The lowest BCUT2D eigenvalue weighted by Gasteiger charge is -2.33. The highest BCUT2D eigenvalue weighted by Crippen LogP contribution is 2.21. The van der Waals surface area contributed by atoms with Crippen molar-refractivity contribution < 1.29 is 22.7 Å². The number of piperazine rings is 1. The summed E-state index contributed by atoms with van der Waals surface area (Å²) in [5.74, 6) is -0.428. The maximum absolute atomic E-state index is 13.1. The zero-order valence-electron chi connectivity index (χ0n) is 19.9. The average Bonchev–Trinajstić information content (AvgIpc) is 3.20. The van der Waals surface area contributed by atoms with Crippen molar-refractivity contribution in [2.75, 3.05) is 32.8 Å². The lowest BCUT2D eigenvalue weighted by molar-refractivity contribution is 0.0933. The number of fused-ring (bicyclic) bond motifs is 1. The molecule has 1 saturated heterocycles. The van der Waals surface area contributed by atoms with Gasteiger partial charge in [0.25, 0.3) is 5.91 Å². The van der Waals surface area contributed by atoms with Crippen LogP contribution in [0.5, 0.6) is 0 Å². The molecule has 0 spiro atoms. The van der Waals surface area contributed by atoms with E-state index in [1.807, 2.05) is 30.5 Å². The van der Waals surface area contributed by atoms with E-state index in [2.05, 4.69) is 11.1 Å². The van der Waals surface area contributed by atoms with E-state index in [1.165, 1.54) is 44.8 Å². The fourth-order valence-electron chi connectivity index (χ4n) is 3.97. The summed E-state index contributed by atoms with van der Waals surface area (Å²) in [5.41, 5.74) is 2.48. The molecule has 35 heavy (non-hydrogen) atoms. The number of sulfonamides is 1. The SMILES string of the molecule is CCOC(=O)N1CCN(S(=O)(=O)c2ccc(C(=O)N=c3sc4cc(C)ccc4n3CC)cc2)CC1. The number of hydrogen-bond acceptors (Lipinski definition) is 6. The highest BCUT2D eigenvalue weighted by atomic mass is 32.2. The minimum Gasteiger partial charge on any atom is -0.450 e. The Morgan fingerprint density at radius 3 is 2.34 bits per heavy atom. The molecule has 0 unspecified atom stereocenters. The fourth-order valence-corrected chi connectivity index (χ4v) is 6.58. The van der Waals surface area contributed by atoms with E-state index in [-0.39, 0.29) is 37.7 Å². The number of carbonyl (C=O) groups is 2. The molecular formula is C24H28N4O5S2. The normalized spacial score (nSPS) is 15.5. The Balaban J connectivity index is 1.52. The Morgan fingerprint density at radius 2 is 1.71 bits per heavy atom. The molecule has 2 aromatic carbocycles. The first-order valence-electron chi connectivity index (χ1n) is 11.5. The van der Waals surface area contributed by atoms with Gasteiger partial charge in [0.2, 0.25) is 10.0 Å². The number of hydrogen-bond donors (Lipinski definition) is 0. The molecule has 2 heterocycles. The number of nitrogens with zero attached hydrogens (tertiary/aromatic N) is 4. The van der Waals surface area contributed by atoms with Crippen LogP contribution in [0, 0.1) is 6.92 Å². The molecule has 1 aromatic heterocycles. The van der Waals surface area contributed by atoms with Gasteiger partial charge < -0.3 is 14.2 Å². The second-order valence-corrected chi connectivity index (χ2v) is 11.1. The Bertz CT molecular complexity index is 1420. The predicted octanol–water partition coefficient (Wildman–Crippen LogP) is 3.24. The molecule has 11 heteroatoms. The number of aromatic nitrogens is 1. The second kappa shape index (κ2) is 10.3. The summed E-state index contributed by atoms with van der Waals surface area (Å²) < 4.78 is 35.5. The van der Waals surface area contributed by atoms with Crippen molar-refractivity contribution >= 4 is 43.6 Å². The third kappa shape index (κ3) is 5.16. The molecule has 0 N–H and O–H groups in total. The van der Waals surface area contributed by atoms with Crippen molar-refractivity contribution in [3.8, 4) is 0 Å². The predicted molar refractivity (Wildman–Crippen MR) is 134 cm³/mol. The second-order valence-electron chi connectivity index (χ2n) is 8.13. The minimum absolute atomic E-state index is 0.0968. The standard InChI is InChI=1S/C24H28N4O5S2/c1-4-28-20-11-6-17(3)16-21(20)34-23(28)25-22(29)18-7-9-19(10-8-18)35(31,32)27-14-12-26(13-15-27)24(30)33-5-2/h6-11,16H,4-5,12-15H2,1-3H3. The highest BCUT2D eigenvalue weighted by molar-refractivity contribution is 7.89. The van der Waals surface area contributed by atoms with Crippen molar-refractivity contribution in [1.82, 2.24) is 13.8 Å². The number of ether oxygens (including phenoxy) is 1.